The molecule has 1 aromatic rings. The predicted octanol–water partition coefficient (Wildman–Crippen LogP) is 2.98. The standard InChI is InChI=1S/C10H9BrF2O3/c1-2-15-9(14)10(12,13)16-8-5-3-4-7(11)6-8/h3-6H,2H2,1H3. The molecule has 0 aromatic heterocycles. The zero-order valence-electron chi connectivity index (χ0n) is 8.38. The molecule has 0 radical (unpaired) electrons. The molecule has 6 heteroatoms. The molecule has 0 aliphatic rings. The van der Waals surface area contributed by atoms with Crippen molar-refractivity contribution < 1.29 is 23.0 Å². The largest absolute Gasteiger partial charge is 0.502 e. The molecule has 16 heavy (non-hydrogen) atoms. The lowest BCUT2D eigenvalue weighted by Crippen LogP contribution is -2.36. The van der Waals surface area contributed by atoms with Gasteiger partial charge in [-0.05, 0) is 25.1 Å². The maximum Gasteiger partial charge on any atom is 0.502 e. The zero-order valence-corrected chi connectivity index (χ0v) is 9.96. The number of ether oxygens (including phenoxy) is 2. The lowest BCUT2D eigenvalue weighted by Gasteiger charge is -2.15. The first-order valence-corrected chi connectivity index (χ1v) is 5.24. The topological polar surface area (TPSA) is 35.5 Å². The van der Waals surface area contributed by atoms with E-state index in [0.29, 0.717) is 4.47 Å². The highest BCUT2D eigenvalue weighted by Crippen LogP contribution is 2.25. The number of halogens is 3. The molecule has 0 fully saturated rings. The number of carbonyl (C=O) groups excluding carboxylic acids is 1. The van der Waals surface area contributed by atoms with E-state index < -0.39 is 12.1 Å². The molecule has 0 heterocycles. The van der Waals surface area contributed by atoms with Crippen LogP contribution in [0.1, 0.15) is 6.92 Å². The van der Waals surface area contributed by atoms with Crippen molar-refractivity contribution in [2.45, 2.75) is 13.0 Å². The number of hydrogen-bond acceptors (Lipinski definition) is 3. The molecular weight excluding hydrogens is 286 g/mol. The third-order valence-electron chi connectivity index (χ3n) is 1.56. The Balaban J connectivity index is 2.75. The van der Waals surface area contributed by atoms with Crippen molar-refractivity contribution in [1.29, 1.82) is 0 Å². The van der Waals surface area contributed by atoms with Crippen LogP contribution in [0, 0.1) is 0 Å². The van der Waals surface area contributed by atoms with E-state index in [1.54, 1.807) is 6.07 Å². The average Bonchev–Trinajstić information content (AvgIpc) is 2.17. The van der Waals surface area contributed by atoms with E-state index in [4.69, 9.17) is 0 Å². The van der Waals surface area contributed by atoms with Gasteiger partial charge in [-0.2, -0.15) is 8.78 Å². The molecule has 0 saturated carbocycles. The molecule has 0 unspecified atom stereocenters. The molecule has 0 aliphatic carbocycles. The highest BCUT2D eigenvalue weighted by molar-refractivity contribution is 9.10. The normalized spacial score (nSPS) is 11.0. The van der Waals surface area contributed by atoms with Crippen LogP contribution in [0.5, 0.6) is 5.75 Å². The first-order valence-electron chi connectivity index (χ1n) is 4.45. The number of hydrogen-bond donors (Lipinski definition) is 0. The van der Waals surface area contributed by atoms with Crippen molar-refractivity contribution in [3.63, 3.8) is 0 Å². The Morgan fingerprint density at radius 2 is 2.19 bits per heavy atom. The predicted molar refractivity (Wildman–Crippen MR) is 56.4 cm³/mol. The van der Waals surface area contributed by atoms with E-state index in [0.717, 1.165) is 0 Å². The molecule has 0 amide bonds. The van der Waals surface area contributed by atoms with E-state index >= 15 is 0 Å². The number of esters is 1. The van der Waals surface area contributed by atoms with Gasteiger partial charge in [0.25, 0.3) is 0 Å². The fraction of sp³-hybridized carbons (Fsp3) is 0.300. The lowest BCUT2D eigenvalue weighted by atomic mass is 10.3. The second-order valence-corrected chi connectivity index (χ2v) is 3.71. The maximum absolute atomic E-state index is 13.1. The van der Waals surface area contributed by atoms with Crippen LogP contribution >= 0.6 is 15.9 Å². The van der Waals surface area contributed by atoms with Gasteiger partial charge in [0.1, 0.15) is 5.75 Å². The summed E-state index contributed by atoms with van der Waals surface area (Å²) in [5.74, 6) is -1.82. The van der Waals surface area contributed by atoms with Crippen LogP contribution in [-0.2, 0) is 9.53 Å². The third-order valence-corrected chi connectivity index (χ3v) is 2.05. The SMILES string of the molecule is CCOC(=O)C(F)(F)Oc1cccc(Br)c1. The van der Waals surface area contributed by atoms with Crippen molar-refractivity contribution in [2.24, 2.45) is 0 Å². The quantitative estimate of drug-likeness (QED) is 0.801. The third kappa shape index (κ3) is 3.44. The van der Waals surface area contributed by atoms with Crippen molar-refractivity contribution in [3.8, 4) is 5.75 Å². The Morgan fingerprint density at radius 3 is 2.75 bits per heavy atom. The molecule has 0 bridgehead atoms. The van der Waals surface area contributed by atoms with E-state index in [2.05, 4.69) is 25.4 Å². The van der Waals surface area contributed by atoms with Crippen molar-refractivity contribution in [2.75, 3.05) is 6.61 Å². The number of carbonyl (C=O) groups is 1. The highest BCUT2D eigenvalue weighted by atomic mass is 79.9. The van der Waals surface area contributed by atoms with Crippen LogP contribution in [0.2, 0.25) is 0 Å². The highest BCUT2D eigenvalue weighted by Gasteiger charge is 2.44. The Morgan fingerprint density at radius 1 is 1.50 bits per heavy atom. The van der Waals surface area contributed by atoms with E-state index in [1.807, 2.05) is 0 Å². The first-order chi connectivity index (χ1) is 7.45. The number of benzene rings is 1. The summed E-state index contributed by atoms with van der Waals surface area (Å²) in [4.78, 5) is 10.8. The Labute approximate surface area is 99.5 Å². The summed E-state index contributed by atoms with van der Waals surface area (Å²) < 4.78 is 35.2. The molecule has 1 rings (SSSR count). The van der Waals surface area contributed by atoms with Gasteiger partial charge in [0.15, 0.2) is 0 Å². The molecule has 1 aromatic carbocycles. The van der Waals surface area contributed by atoms with Crippen LogP contribution < -0.4 is 4.74 Å². The van der Waals surface area contributed by atoms with E-state index in [-0.39, 0.29) is 12.4 Å². The summed E-state index contributed by atoms with van der Waals surface area (Å²) in [5.41, 5.74) is 0. The minimum absolute atomic E-state index is 0.118. The number of alkyl halides is 2. The van der Waals surface area contributed by atoms with E-state index in [1.165, 1.54) is 25.1 Å². The molecule has 0 saturated heterocycles. The minimum Gasteiger partial charge on any atom is -0.459 e. The van der Waals surface area contributed by atoms with Gasteiger partial charge in [0.05, 0.1) is 6.61 Å². The Kier molecular flexibility index (Phi) is 4.23. The van der Waals surface area contributed by atoms with Gasteiger partial charge in [-0.1, -0.05) is 22.0 Å². The summed E-state index contributed by atoms with van der Waals surface area (Å²) in [6.07, 6.45) is -3.98. The molecule has 3 nitrogen and oxygen atoms in total. The molecular formula is C10H9BrF2O3. The van der Waals surface area contributed by atoms with Crippen molar-refractivity contribution in [1.82, 2.24) is 0 Å². The van der Waals surface area contributed by atoms with Gasteiger partial charge in [-0.3, -0.25) is 0 Å². The smallest absolute Gasteiger partial charge is 0.459 e. The summed E-state index contributed by atoms with van der Waals surface area (Å²) in [5, 5.41) is 0. The fourth-order valence-electron chi connectivity index (χ4n) is 0.935. The Hall–Kier alpha value is -1.17. The van der Waals surface area contributed by atoms with Crippen LogP contribution in [0.25, 0.3) is 0 Å². The second-order valence-electron chi connectivity index (χ2n) is 2.80. The van der Waals surface area contributed by atoms with Crippen LogP contribution in [0.4, 0.5) is 8.78 Å². The molecule has 0 N–H and O–H groups in total. The Bertz CT molecular complexity index is 382. The van der Waals surface area contributed by atoms with E-state index in [9.17, 15) is 13.6 Å². The maximum atomic E-state index is 13.1. The van der Waals surface area contributed by atoms with Crippen molar-refractivity contribution >= 4 is 21.9 Å². The zero-order chi connectivity index (χ0) is 12.2. The van der Waals surface area contributed by atoms with Crippen LogP contribution in [0.3, 0.4) is 0 Å². The summed E-state index contributed by atoms with van der Waals surface area (Å²) in [6.45, 7) is 1.31. The minimum atomic E-state index is -3.98. The first kappa shape index (κ1) is 12.9. The van der Waals surface area contributed by atoms with Gasteiger partial charge in [-0.25, -0.2) is 4.79 Å². The lowest BCUT2D eigenvalue weighted by molar-refractivity contribution is -0.216. The van der Waals surface area contributed by atoms with Gasteiger partial charge in [0, 0.05) is 4.47 Å². The van der Waals surface area contributed by atoms with Gasteiger partial charge < -0.3 is 9.47 Å². The fourth-order valence-corrected chi connectivity index (χ4v) is 1.31. The van der Waals surface area contributed by atoms with Crippen LogP contribution in [-0.4, -0.2) is 18.7 Å². The molecule has 0 atom stereocenters. The number of rotatable bonds is 4. The summed E-state index contributed by atoms with van der Waals surface area (Å²) >= 11 is 3.10. The monoisotopic (exact) mass is 294 g/mol. The summed E-state index contributed by atoms with van der Waals surface area (Å²) in [6, 6.07) is 5.81. The van der Waals surface area contributed by atoms with Gasteiger partial charge in [-0.15, -0.1) is 0 Å². The van der Waals surface area contributed by atoms with Gasteiger partial charge >= 0.3 is 12.1 Å². The van der Waals surface area contributed by atoms with Crippen molar-refractivity contribution in [3.05, 3.63) is 28.7 Å². The van der Waals surface area contributed by atoms with Crippen LogP contribution in [0.15, 0.2) is 28.7 Å². The molecule has 0 spiro atoms. The molecule has 88 valence electrons. The second kappa shape index (κ2) is 5.25. The summed E-state index contributed by atoms with van der Waals surface area (Å²) in [7, 11) is 0. The van der Waals surface area contributed by atoms with Gasteiger partial charge in [0.2, 0.25) is 0 Å². The molecule has 0 aliphatic heterocycles. The average molecular weight is 295 g/mol.